The molecule has 0 spiro atoms. The van der Waals surface area contributed by atoms with Crippen molar-refractivity contribution in [3.63, 3.8) is 0 Å². The zero-order chi connectivity index (χ0) is 17.2. The van der Waals surface area contributed by atoms with E-state index in [0.29, 0.717) is 15.7 Å². The van der Waals surface area contributed by atoms with Crippen LogP contribution in [0.1, 0.15) is 10.4 Å². The Morgan fingerprint density at radius 2 is 2.08 bits per heavy atom. The predicted molar refractivity (Wildman–Crippen MR) is 96.4 cm³/mol. The summed E-state index contributed by atoms with van der Waals surface area (Å²) in [5.74, 6) is 4.82. The largest absolute Gasteiger partial charge is 0.330 e. The molecule has 0 aliphatic heterocycles. The zero-order valence-electron chi connectivity index (χ0n) is 12.9. The summed E-state index contributed by atoms with van der Waals surface area (Å²) in [5.41, 5.74) is 5.26. The Morgan fingerprint density at radius 1 is 1.16 bits per heavy atom. The highest BCUT2D eigenvalue weighted by Crippen LogP contribution is 2.29. The molecule has 0 bridgehead atoms. The van der Waals surface area contributed by atoms with Gasteiger partial charge in [0.1, 0.15) is 5.01 Å². The van der Waals surface area contributed by atoms with Crippen LogP contribution in [-0.4, -0.2) is 26.3 Å². The van der Waals surface area contributed by atoms with Crippen molar-refractivity contribution in [2.24, 2.45) is 5.84 Å². The van der Waals surface area contributed by atoms with E-state index in [1.165, 1.54) is 11.3 Å². The number of nitrogens with two attached hydrogens (primary N) is 1. The topological polar surface area (TPSA) is 122 Å². The van der Waals surface area contributed by atoms with Gasteiger partial charge in [0.05, 0.1) is 11.7 Å². The maximum absolute atomic E-state index is 11.6. The molecule has 5 N–H and O–H groups in total. The first-order valence-corrected chi connectivity index (χ1v) is 8.19. The Bertz CT molecular complexity index is 1060. The molecule has 0 saturated carbocycles. The van der Waals surface area contributed by atoms with Crippen LogP contribution in [0.3, 0.4) is 0 Å². The molecule has 0 atom stereocenters. The average molecular weight is 351 g/mol. The number of anilines is 2. The van der Waals surface area contributed by atoms with E-state index < -0.39 is 0 Å². The zero-order valence-corrected chi connectivity index (χ0v) is 13.7. The normalized spacial score (nSPS) is 10.8. The summed E-state index contributed by atoms with van der Waals surface area (Å²) in [6.45, 7) is 0. The Labute approximate surface area is 146 Å². The Morgan fingerprint density at radius 3 is 2.96 bits per heavy atom. The van der Waals surface area contributed by atoms with Crippen molar-refractivity contribution in [2.75, 3.05) is 5.32 Å². The van der Waals surface area contributed by atoms with E-state index >= 15 is 0 Å². The van der Waals surface area contributed by atoms with Gasteiger partial charge in [-0.1, -0.05) is 23.5 Å². The lowest BCUT2D eigenvalue weighted by Crippen LogP contribution is -2.29. The van der Waals surface area contributed by atoms with Gasteiger partial charge < -0.3 is 5.32 Å². The minimum absolute atomic E-state index is 0.349. The molecule has 0 aliphatic rings. The maximum Gasteiger partial charge on any atom is 0.265 e. The van der Waals surface area contributed by atoms with E-state index in [0.717, 1.165) is 22.2 Å². The maximum atomic E-state index is 11.6. The van der Waals surface area contributed by atoms with E-state index in [-0.39, 0.29) is 5.91 Å². The Kier molecular flexibility index (Phi) is 3.84. The van der Waals surface area contributed by atoms with Gasteiger partial charge in [-0.25, -0.2) is 5.84 Å². The quantitative estimate of drug-likeness (QED) is 0.254. The summed E-state index contributed by atoms with van der Waals surface area (Å²) in [5, 5.41) is 20.9. The Balaban J connectivity index is 1.58. The van der Waals surface area contributed by atoms with Crippen LogP contribution in [0.25, 0.3) is 21.5 Å². The Hall–Kier alpha value is -3.30. The van der Waals surface area contributed by atoms with Gasteiger partial charge >= 0.3 is 0 Å². The van der Waals surface area contributed by atoms with Crippen molar-refractivity contribution in [3.8, 4) is 10.6 Å². The van der Waals surface area contributed by atoms with Crippen molar-refractivity contribution in [1.82, 2.24) is 25.8 Å². The van der Waals surface area contributed by atoms with Gasteiger partial charge in [0, 0.05) is 22.2 Å². The van der Waals surface area contributed by atoms with E-state index in [1.807, 2.05) is 24.3 Å². The smallest absolute Gasteiger partial charge is 0.265 e. The minimum atomic E-state index is -0.349. The molecular weight excluding hydrogens is 338 g/mol. The molecule has 2 aromatic heterocycles. The van der Waals surface area contributed by atoms with Gasteiger partial charge in [-0.05, 0) is 30.3 Å². The van der Waals surface area contributed by atoms with Gasteiger partial charge in [-0.2, -0.15) is 5.10 Å². The number of fused-ring (bicyclic) bond motifs is 1. The number of aromatic amines is 1. The fourth-order valence-electron chi connectivity index (χ4n) is 2.41. The molecular formula is C16H13N7OS. The van der Waals surface area contributed by atoms with E-state index in [9.17, 15) is 4.79 Å². The van der Waals surface area contributed by atoms with Crippen LogP contribution in [0.4, 0.5) is 10.8 Å². The first kappa shape index (κ1) is 15.2. The fraction of sp³-hybridized carbons (Fsp3) is 0. The SMILES string of the molecule is NNC(=O)c1cccc(-c2nnc(Nc3ccc4[nH]ncc4c3)s2)c1. The first-order chi connectivity index (χ1) is 12.2. The molecule has 4 aromatic rings. The molecule has 9 heteroatoms. The first-order valence-electron chi connectivity index (χ1n) is 7.38. The van der Waals surface area contributed by atoms with E-state index in [1.54, 1.807) is 24.4 Å². The number of nitrogens with zero attached hydrogens (tertiary/aromatic N) is 3. The fourth-order valence-corrected chi connectivity index (χ4v) is 3.17. The molecule has 25 heavy (non-hydrogen) atoms. The minimum Gasteiger partial charge on any atom is -0.330 e. The summed E-state index contributed by atoms with van der Waals surface area (Å²) in [6.07, 6.45) is 1.76. The van der Waals surface area contributed by atoms with E-state index in [2.05, 4.69) is 31.1 Å². The highest BCUT2D eigenvalue weighted by atomic mass is 32.1. The molecule has 0 radical (unpaired) electrons. The van der Waals surface area contributed by atoms with Crippen LogP contribution >= 0.6 is 11.3 Å². The standard InChI is InChI=1S/C16H13N7OS/c17-20-14(24)9-2-1-3-10(6-9)15-22-23-16(25-15)19-12-4-5-13-11(7-12)8-18-21-13/h1-8H,17H2,(H,18,21)(H,19,23)(H,20,24). The monoisotopic (exact) mass is 351 g/mol. The number of hydrogen-bond acceptors (Lipinski definition) is 7. The number of rotatable bonds is 4. The summed E-state index contributed by atoms with van der Waals surface area (Å²) in [6, 6.07) is 12.9. The summed E-state index contributed by atoms with van der Waals surface area (Å²) < 4.78 is 0. The van der Waals surface area contributed by atoms with Crippen molar-refractivity contribution in [1.29, 1.82) is 0 Å². The highest BCUT2D eigenvalue weighted by molar-refractivity contribution is 7.18. The summed E-state index contributed by atoms with van der Waals surface area (Å²) >= 11 is 1.40. The lowest BCUT2D eigenvalue weighted by Gasteiger charge is -2.02. The predicted octanol–water partition coefficient (Wildman–Crippen LogP) is 2.43. The number of hydrazine groups is 1. The van der Waals surface area contributed by atoms with Crippen LogP contribution in [0, 0.1) is 0 Å². The van der Waals surface area contributed by atoms with Gasteiger partial charge in [0.15, 0.2) is 0 Å². The summed E-state index contributed by atoms with van der Waals surface area (Å²) in [4.78, 5) is 11.6. The van der Waals surface area contributed by atoms with Gasteiger partial charge in [-0.3, -0.25) is 15.3 Å². The van der Waals surface area contributed by atoms with Crippen molar-refractivity contribution in [2.45, 2.75) is 0 Å². The number of nitrogen functional groups attached to an aromatic ring is 1. The summed E-state index contributed by atoms with van der Waals surface area (Å²) in [7, 11) is 0. The number of carbonyl (C=O) groups excluding carboxylic acids is 1. The second-order valence-corrected chi connectivity index (χ2v) is 6.24. The lowest BCUT2D eigenvalue weighted by molar-refractivity contribution is 0.0953. The third-order valence-corrected chi connectivity index (χ3v) is 4.51. The highest BCUT2D eigenvalue weighted by Gasteiger charge is 2.10. The number of amides is 1. The molecule has 2 aromatic carbocycles. The van der Waals surface area contributed by atoms with Gasteiger partial charge in [0.2, 0.25) is 5.13 Å². The second kappa shape index (κ2) is 6.30. The van der Waals surface area contributed by atoms with E-state index in [4.69, 9.17) is 5.84 Å². The van der Waals surface area contributed by atoms with Crippen LogP contribution in [-0.2, 0) is 0 Å². The molecule has 4 rings (SSSR count). The molecule has 8 nitrogen and oxygen atoms in total. The molecule has 0 unspecified atom stereocenters. The second-order valence-electron chi connectivity index (χ2n) is 5.26. The molecule has 0 aliphatic carbocycles. The average Bonchev–Trinajstić information content (AvgIpc) is 3.30. The number of carbonyl (C=O) groups is 1. The van der Waals surface area contributed by atoms with Crippen molar-refractivity contribution in [3.05, 3.63) is 54.2 Å². The van der Waals surface area contributed by atoms with Crippen molar-refractivity contribution < 1.29 is 4.79 Å². The van der Waals surface area contributed by atoms with Crippen LogP contribution in [0.15, 0.2) is 48.7 Å². The van der Waals surface area contributed by atoms with Crippen LogP contribution in [0.2, 0.25) is 0 Å². The molecule has 0 saturated heterocycles. The van der Waals surface area contributed by atoms with Gasteiger partial charge in [-0.15, -0.1) is 10.2 Å². The van der Waals surface area contributed by atoms with Gasteiger partial charge in [0.25, 0.3) is 5.91 Å². The number of H-pyrrole nitrogens is 1. The molecule has 1 amide bonds. The third kappa shape index (κ3) is 3.05. The molecule has 0 fully saturated rings. The third-order valence-electron chi connectivity index (χ3n) is 3.62. The number of benzene rings is 2. The van der Waals surface area contributed by atoms with Crippen LogP contribution < -0.4 is 16.6 Å². The van der Waals surface area contributed by atoms with Crippen LogP contribution in [0.5, 0.6) is 0 Å². The van der Waals surface area contributed by atoms with Crippen molar-refractivity contribution >= 4 is 39.0 Å². The molecule has 2 heterocycles. The number of hydrogen-bond donors (Lipinski definition) is 4. The lowest BCUT2D eigenvalue weighted by atomic mass is 10.1. The molecule has 124 valence electrons. The number of nitrogens with one attached hydrogen (secondary N) is 3. The number of aromatic nitrogens is 4.